The van der Waals surface area contributed by atoms with Crippen LogP contribution >= 0.6 is 0 Å². The molecule has 0 amide bonds. The summed E-state index contributed by atoms with van der Waals surface area (Å²) in [6, 6.07) is 4.36. The Hall–Kier alpha value is -1.66. The molecule has 0 spiro atoms. The van der Waals surface area contributed by atoms with Gasteiger partial charge in [0, 0.05) is 24.4 Å². The normalized spacial score (nSPS) is 18.8. The standard InChI is InChI=1S/C15H23N5O/c1-11-9-15(21-8-7-19(2)3)20-14(17-11)10-13(18-20)12-5-4-6-16-12/h9-10,12,16H,4-8H2,1-3H3. The van der Waals surface area contributed by atoms with E-state index in [-0.39, 0.29) is 0 Å². The van der Waals surface area contributed by atoms with Crippen LogP contribution in [0.1, 0.15) is 30.3 Å². The molecule has 0 aromatic carbocycles. The molecule has 1 unspecified atom stereocenters. The quantitative estimate of drug-likeness (QED) is 0.902. The molecule has 1 saturated heterocycles. The molecular formula is C15H23N5O. The lowest BCUT2D eigenvalue weighted by molar-refractivity contribution is 0.248. The highest BCUT2D eigenvalue weighted by atomic mass is 16.5. The van der Waals surface area contributed by atoms with Crippen molar-refractivity contribution in [3.05, 3.63) is 23.5 Å². The molecule has 0 bridgehead atoms. The van der Waals surface area contributed by atoms with Crippen molar-refractivity contribution in [1.82, 2.24) is 24.8 Å². The van der Waals surface area contributed by atoms with Crippen LogP contribution in [0, 0.1) is 6.92 Å². The van der Waals surface area contributed by atoms with Crippen molar-refractivity contribution >= 4 is 5.65 Å². The van der Waals surface area contributed by atoms with Gasteiger partial charge in [-0.2, -0.15) is 9.61 Å². The van der Waals surface area contributed by atoms with E-state index in [4.69, 9.17) is 4.74 Å². The number of rotatable bonds is 5. The van der Waals surface area contributed by atoms with Crippen LogP contribution in [0.5, 0.6) is 5.88 Å². The predicted molar refractivity (Wildman–Crippen MR) is 81.8 cm³/mol. The minimum absolute atomic E-state index is 0.349. The van der Waals surface area contributed by atoms with Gasteiger partial charge in [0.1, 0.15) is 6.61 Å². The zero-order valence-electron chi connectivity index (χ0n) is 13.0. The van der Waals surface area contributed by atoms with E-state index in [0.717, 1.165) is 42.4 Å². The lowest BCUT2D eigenvalue weighted by atomic mass is 10.2. The molecule has 3 heterocycles. The summed E-state index contributed by atoms with van der Waals surface area (Å²) >= 11 is 0. The van der Waals surface area contributed by atoms with E-state index in [1.165, 1.54) is 6.42 Å². The van der Waals surface area contributed by atoms with Crippen LogP contribution in [0.15, 0.2) is 12.1 Å². The average Bonchev–Trinajstić information content (AvgIpc) is 3.05. The topological polar surface area (TPSA) is 54.7 Å². The summed E-state index contributed by atoms with van der Waals surface area (Å²) < 4.78 is 7.70. The molecular weight excluding hydrogens is 266 g/mol. The van der Waals surface area contributed by atoms with Gasteiger partial charge >= 0.3 is 0 Å². The van der Waals surface area contributed by atoms with Crippen molar-refractivity contribution in [3.63, 3.8) is 0 Å². The van der Waals surface area contributed by atoms with E-state index in [1.807, 2.05) is 31.6 Å². The van der Waals surface area contributed by atoms with E-state index >= 15 is 0 Å². The molecule has 2 aromatic heterocycles. The number of ether oxygens (including phenoxy) is 1. The predicted octanol–water partition coefficient (Wildman–Crippen LogP) is 1.40. The Balaban J connectivity index is 1.87. The van der Waals surface area contributed by atoms with E-state index < -0.39 is 0 Å². The van der Waals surface area contributed by atoms with E-state index in [2.05, 4.69) is 26.4 Å². The first-order chi connectivity index (χ1) is 10.1. The maximum Gasteiger partial charge on any atom is 0.218 e. The summed E-state index contributed by atoms with van der Waals surface area (Å²) in [5.74, 6) is 0.767. The molecule has 1 aliphatic rings. The summed E-state index contributed by atoms with van der Waals surface area (Å²) in [5.41, 5.74) is 2.87. The van der Waals surface area contributed by atoms with E-state index in [9.17, 15) is 0 Å². The lowest BCUT2D eigenvalue weighted by Crippen LogP contribution is -2.20. The monoisotopic (exact) mass is 289 g/mol. The third-order valence-electron chi connectivity index (χ3n) is 3.75. The molecule has 6 nitrogen and oxygen atoms in total. The van der Waals surface area contributed by atoms with Crippen LogP contribution in [-0.4, -0.2) is 53.3 Å². The molecule has 3 rings (SSSR count). The Morgan fingerprint density at radius 1 is 1.43 bits per heavy atom. The van der Waals surface area contributed by atoms with Gasteiger partial charge in [-0.3, -0.25) is 0 Å². The third kappa shape index (κ3) is 3.16. The first-order valence-electron chi connectivity index (χ1n) is 7.52. The van der Waals surface area contributed by atoms with Gasteiger partial charge in [0.25, 0.3) is 0 Å². The largest absolute Gasteiger partial charge is 0.476 e. The fourth-order valence-corrected chi connectivity index (χ4v) is 2.63. The number of nitrogens with zero attached hydrogens (tertiary/aromatic N) is 4. The smallest absolute Gasteiger partial charge is 0.218 e. The van der Waals surface area contributed by atoms with Gasteiger partial charge in [0.2, 0.25) is 5.88 Å². The zero-order chi connectivity index (χ0) is 14.8. The molecule has 6 heteroatoms. The molecule has 1 N–H and O–H groups in total. The Labute approximate surface area is 125 Å². The Morgan fingerprint density at radius 3 is 3.00 bits per heavy atom. The summed E-state index contributed by atoms with van der Waals surface area (Å²) in [7, 11) is 4.07. The molecule has 0 saturated carbocycles. The van der Waals surface area contributed by atoms with Crippen LogP contribution in [-0.2, 0) is 0 Å². The molecule has 0 aliphatic carbocycles. The lowest BCUT2D eigenvalue weighted by Gasteiger charge is -2.12. The van der Waals surface area contributed by atoms with Gasteiger partial charge in [0.15, 0.2) is 5.65 Å². The van der Waals surface area contributed by atoms with E-state index in [1.54, 1.807) is 0 Å². The number of aromatic nitrogens is 3. The van der Waals surface area contributed by atoms with Crippen molar-refractivity contribution in [2.75, 3.05) is 33.8 Å². The third-order valence-corrected chi connectivity index (χ3v) is 3.75. The van der Waals surface area contributed by atoms with Crippen molar-refractivity contribution in [2.45, 2.75) is 25.8 Å². The molecule has 2 aromatic rings. The molecule has 21 heavy (non-hydrogen) atoms. The molecule has 114 valence electrons. The van der Waals surface area contributed by atoms with Crippen molar-refractivity contribution in [1.29, 1.82) is 0 Å². The Bertz CT molecular complexity index is 616. The van der Waals surface area contributed by atoms with Gasteiger partial charge in [-0.1, -0.05) is 0 Å². The summed E-state index contributed by atoms with van der Waals surface area (Å²) in [6.07, 6.45) is 2.34. The Morgan fingerprint density at radius 2 is 2.29 bits per heavy atom. The van der Waals surface area contributed by atoms with Crippen LogP contribution in [0.3, 0.4) is 0 Å². The second kappa shape index (κ2) is 5.99. The van der Waals surface area contributed by atoms with Crippen LogP contribution in [0.2, 0.25) is 0 Å². The van der Waals surface area contributed by atoms with Crippen molar-refractivity contribution < 1.29 is 4.74 Å². The number of likely N-dealkylation sites (N-methyl/N-ethyl adjacent to an activating group) is 1. The summed E-state index contributed by atoms with van der Waals surface area (Å²) in [6.45, 7) is 4.57. The SMILES string of the molecule is Cc1cc(OCCN(C)C)n2nc(C3CCCN3)cc2n1. The van der Waals surface area contributed by atoms with Crippen LogP contribution in [0.25, 0.3) is 5.65 Å². The maximum absolute atomic E-state index is 5.89. The minimum Gasteiger partial charge on any atom is -0.476 e. The first-order valence-corrected chi connectivity index (χ1v) is 7.52. The number of fused-ring (bicyclic) bond motifs is 1. The van der Waals surface area contributed by atoms with Gasteiger partial charge in [0.05, 0.1) is 11.7 Å². The van der Waals surface area contributed by atoms with Gasteiger partial charge < -0.3 is 15.0 Å². The van der Waals surface area contributed by atoms with Crippen molar-refractivity contribution in [2.24, 2.45) is 0 Å². The summed E-state index contributed by atoms with van der Waals surface area (Å²) in [5, 5.41) is 8.16. The second-order valence-corrected chi connectivity index (χ2v) is 5.88. The second-order valence-electron chi connectivity index (χ2n) is 5.88. The van der Waals surface area contributed by atoms with Gasteiger partial charge in [-0.05, 0) is 40.4 Å². The highest BCUT2D eigenvalue weighted by Crippen LogP contribution is 2.24. The fraction of sp³-hybridized carbons (Fsp3) is 0.600. The average molecular weight is 289 g/mol. The molecule has 0 radical (unpaired) electrons. The number of hydrogen-bond acceptors (Lipinski definition) is 5. The Kier molecular flexibility index (Phi) is 4.07. The highest BCUT2D eigenvalue weighted by molar-refractivity contribution is 5.44. The van der Waals surface area contributed by atoms with Crippen LogP contribution in [0.4, 0.5) is 0 Å². The summed E-state index contributed by atoms with van der Waals surface area (Å²) in [4.78, 5) is 6.65. The zero-order valence-corrected chi connectivity index (χ0v) is 13.0. The number of nitrogens with one attached hydrogen (secondary N) is 1. The van der Waals surface area contributed by atoms with Crippen molar-refractivity contribution in [3.8, 4) is 5.88 Å². The van der Waals surface area contributed by atoms with E-state index in [0.29, 0.717) is 12.6 Å². The molecule has 1 atom stereocenters. The number of aryl methyl sites for hydroxylation is 1. The highest BCUT2D eigenvalue weighted by Gasteiger charge is 2.20. The number of hydrogen-bond donors (Lipinski definition) is 1. The first kappa shape index (κ1) is 14.3. The fourth-order valence-electron chi connectivity index (χ4n) is 2.63. The van der Waals surface area contributed by atoms with Crippen LogP contribution < -0.4 is 10.1 Å². The van der Waals surface area contributed by atoms with Gasteiger partial charge in [-0.15, -0.1) is 0 Å². The maximum atomic E-state index is 5.89. The minimum atomic E-state index is 0.349. The molecule has 1 aliphatic heterocycles. The molecule has 1 fully saturated rings. The van der Waals surface area contributed by atoms with Gasteiger partial charge in [-0.25, -0.2) is 4.98 Å².